The molecule has 0 spiro atoms. The molecule has 0 saturated carbocycles. The van der Waals surface area contributed by atoms with Crippen LogP contribution in [0.25, 0.3) is 10.9 Å². The zero-order valence-electron chi connectivity index (χ0n) is 13.5. The van der Waals surface area contributed by atoms with Crippen molar-refractivity contribution in [3.05, 3.63) is 53.7 Å². The van der Waals surface area contributed by atoms with Crippen molar-refractivity contribution in [2.24, 2.45) is 0 Å². The van der Waals surface area contributed by atoms with Gasteiger partial charge in [0.05, 0.1) is 29.8 Å². The van der Waals surface area contributed by atoms with E-state index in [1.165, 1.54) is 20.3 Å². The quantitative estimate of drug-likeness (QED) is 0.732. The third-order valence-corrected chi connectivity index (χ3v) is 5.34. The van der Waals surface area contributed by atoms with E-state index in [0.717, 1.165) is 0 Å². The van der Waals surface area contributed by atoms with Crippen LogP contribution in [0.1, 0.15) is 0 Å². The summed E-state index contributed by atoms with van der Waals surface area (Å²) >= 11 is 6.05. The number of hydrogen-bond acceptors (Lipinski definition) is 5. The summed E-state index contributed by atoms with van der Waals surface area (Å²) in [7, 11) is -0.969. The molecule has 1 heterocycles. The monoisotopic (exact) mass is 378 g/mol. The van der Waals surface area contributed by atoms with Gasteiger partial charge in [0.15, 0.2) is 5.75 Å². The lowest BCUT2D eigenvalue weighted by Crippen LogP contribution is -2.14. The molecule has 25 heavy (non-hydrogen) atoms. The van der Waals surface area contributed by atoms with Crippen molar-refractivity contribution in [2.75, 3.05) is 18.9 Å². The summed E-state index contributed by atoms with van der Waals surface area (Å²) in [5.41, 5.74) is 0.716. The van der Waals surface area contributed by atoms with E-state index in [9.17, 15) is 8.42 Å². The summed E-state index contributed by atoms with van der Waals surface area (Å²) < 4.78 is 38.8. The third kappa shape index (κ3) is 3.20. The number of benzene rings is 2. The Kier molecular flexibility index (Phi) is 4.69. The van der Waals surface area contributed by atoms with Gasteiger partial charge in [-0.15, -0.1) is 0 Å². The molecule has 0 saturated heterocycles. The Morgan fingerprint density at radius 2 is 1.84 bits per heavy atom. The average molecular weight is 379 g/mol. The highest BCUT2D eigenvalue weighted by molar-refractivity contribution is 7.93. The van der Waals surface area contributed by atoms with Gasteiger partial charge in [0, 0.05) is 11.6 Å². The Morgan fingerprint density at radius 3 is 2.56 bits per heavy atom. The first kappa shape index (κ1) is 17.3. The predicted octanol–water partition coefficient (Wildman–Crippen LogP) is 3.71. The second-order valence-electron chi connectivity index (χ2n) is 5.09. The smallest absolute Gasteiger partial charge is 0.262 e. The molecule has 8 heteroatoms. The van der Waals surface area contributed by atoms with E-state index in [4.69, 9.17) is 21.1 Å². The van der Waals surface area contributed by atoms with E-state index in [2.05, 4.69) is 9.71 Å². The zero-order valence-corrected chi connectivity index (χ0v) is 15.1. The number of pyridine rings is 1. The molecule has 0 bridgehead atoms. The van der Waals surface area contributed by atoms with E-state index >= 15 is 0 Å². The van der Waals surface area contributed by atoms with Gasteiger partial charge in [0.2, 0.25) is 0 Å². The van der Waals surface area contributed by atoms with Gasteiger partial charge in [-0.05, 0) is 36.4 Å². The minimum atomic E-state index is -3.90. The molecule has 3 rings (SSSR count). The van der Waals surface area contributed by atoms with Gasteiger partial charge in [0.1, 0.15) is 11.3 Å². The minimum Gasteiger partial charge on any atom is -0.494 e. The van der Waals surface area contributed by atoms with Gasteiger partial charge < -0.3 is 9.47 Å². The third-order valence-electron chi connectivity index (χ3n) is 3.62. The Hall–Kier alpha value is -2.51. The maximum atomic E-state index is 12.9. The van der Waals surface area contributed by atoms with E-state index in [1.54, 1.807) is 42.6 Å². The number of rotatable bonds is 5. The maximum Gasteiger partial charge on any atom is 0.262 e. The van der Waals surface area contributed by atoms with Crippen molar-refractivity contribution < 1.29 is 17.9 Å². The minimum absolute atomic E-state index is 0.0819. The number of fused-ring (bicyclic) bond motifs is 1. The van der Waals surface area contributed by atoms with E-state index in [0.29, 0.717) is 21.7 Å². The molecule has 3 aromatic rings. The summed E-state index contributed by atoms with van der Waals surface area (Å²) in [6, 6.07) is 11.2. The number of ether oxygens (including phenoxy) is 2. The summed E-state index contributed by atoms with van der Waals surface area (Å²) in [6.45, 7) is 0. The molecule has 0 aliphatic heterocycles. The summed E-state index contributed by atoms with van der Waals surface area (Å²) in [4.78, 5) is 4.30. The SMILES string of the molecule is COc1c(Cl)cccc1NS(=O)(=O)c1ccc(OC)c2ncccc12. The van der Waals surface area contributed by atoms with E-state index in [1.807, 2.05) is 0 Å². The molecular weight excluding hydrogens is 364 g/mol. The van der Waals surface area contributed by atoms with Crippen LogP contribution in [-0.2, 0) is 10.0 Å². The molecular formula is C17H15ClN2O4S. The number of methoxy groups -OCH3 is 2. The van der Waals surface area contributed by atoms with Gasteiger partial charge >= 0.3 is 0 Å². The topological polar surface area (TPSA) is 77.5 Å². The van der Waals surface area contributed by atoms with Crippen LogP contribution in [0.3, 0.4) is 0 Å². The van der Waals surface area contributed by atoms with Crippen molar-refractivity contribution in [1.82, 2.24) is 4.98 Å². The molecule has 0 radical (unpaired) electrons. The largest absolute Gasteiger partial charge is 0.494 e. The molecule has 6 nitrogen and oxygen atoms in total. The second kappa shape index (κ2) is 6.78. The predicted molar refractivity (Wildman–Crippen MR) is 97.1 cm³/mol. The van der Waals surface area contributed by atoms with Crippen LogP contribution in [0.15, 0.2) is 53.6 Å². The van der Waals surface area contributed by atoms with Gasteiger partial charge in [0.25, 0.3) is 10.0 Å². The number of aromatic nitrogens is 1. The summed E-state index contributed by atoms with van der Waals surface area (Å²) in [5.74, 6) is 0.749. The van der Waals surface area contributed by atoms with Gasteiger partial charge in [-0.2, -0.15) is 0 Å². The van der Waals surface area contributed by atoms with Crippen molar-refractivity contribution in [1.29, 1.82) is 0 Å². The fraction of sp³-hybridized carbons (Fsp3) is 0.118. The van der Waals surface area contributed by atoms with Gasteiger partial charge in [-0.3, -0.25) is 9.71 Å². The molecule has 2 aromatic carbocycles. The molecule has 0 amide bonds. The lowest BCUT2D eigenvalue weighted by Gasteiger charge is -2.14. The number of para-hydroxylation sites is 1. The highest BCUT2D eigenvalue weighted by Crippen LogP contribution is 2.35. The standard InChI is InChI=1S/C17H15ClN2O4S/c1-23-14-8-9-15(11-5-4-10-19-16(11)14)25(21,22)20-13-7-3-6-12(18)17(13)24-2/h3-10,20H,1-2H3. The van der Waals surface area contributed by atoms with Crippen molar-refractivity contribution in [3.8, 4) is 11.5 Å². The van der Waals surface area contributed by atoms with Crippen molar-refractivity contribution >= 4 is 38.2 Å². The molecule has 0 atom stereocenters. The number of halogens is 1. The first-order valence-corrected chi connectivity index (χ1v) is 9.11. The van der Waals surface area contributed by atoms with Crippen LogP contribution in [0.5, 0.6) is 11.5 Å². The highest BCUT2D eigenvalue weighted by atomic mass is 35.5. The number of hydrogen-bond donors (Lipinski definition) is 1. The summed E-state index contributed by atoms with van der Waals surface area (Å²) in [6.07, 6.45) is 1.58. The molecule has 0 fully saturated rings. The van der Waals surface area contributed by atoms with Gasteiger partial charge in [-0.1, -0.05) is 17.7 Å². The lowest BCUT2D eigenvalue weighted by molar-refractivity contribution is 0.417. The van der Waals surface area contributed by atoms with Crippen LogP contribution < -0.4 is 14.2 Å². The molecule has 130 valence electrons. The first-order chi connectivity index (χ1) is 12.0. The zero-order chi connectivity index (χ0) is 18.0. The molecule has 0 aliphatic carbocycles. The second-order valence-corrected chi connectivity index (χ2v) is 7.15. The Morgan fingerprint density at radius 1 is 1.04 bits per heavy atom. The average Bonchev–Trinajstić information content (AvgIpc) is 2.60. The van der Waals surface area contributed by atoms with Crippen LogP contribution in [0.2, 0.25) is 5.02 Å². The van der Waals surface area contributed by atoms with Crippen molar-refractivity contribution in [2.45, 2.75) is 4.90 Å². The van der Waals surface area contributed by atoms with Crippen LogP contribution in [-0.4, -0.2) is 27.6 Å². The Labute approximate surface area is 150 Å². The molecule has 0 unspecified atom stereocenters. The van der Waals surface area contributed by atoms with Gasteiger partial charge in [-0.25, -0.2) is 8.42 Å². The Balaban J connectivity index is 2.14. The highest BCUT2D eigenvalue weighted by Gasteiger charge is 2.21. The van der Waals surface area contributed by atoms with E-state index < -0.39 is 10.0 Å². The van der Waals surface area contributed by atoms with Crippen LogP contribution in [0.4, 0.5) is 5.69 Å². The van der Waals surface area contributed by atoms with Crippen LogP contribution >= 0.6 is 11.6 Å². The summed E-state index contributed by atoms with van der Waals surface area (Å²) in [5, 5.41) is 0.763. The Bertz CT molecular complexity index is 1040. The fourth-order valence-corrected chi connectivity index (χ4v) is 4.03. The molecule has 1 N–H and O–H groups in total. The van der Waals surface area contributed by atoms with E-state index in [-0.39, 0.29) is 16.3 Å². The molecule has 1 aromatic heterocycles. The number of nitrogens with one attached hydrogen (secondary N) is 1. The lowest BCUT2D eigenvalue weighted by atomic mass is 10.2. The molecule has 0 aliphatic rings. The van der Waals surface area contributed by atoms with Crippen LogP contribution in [0, 0.1) is 0 Å². The number of anilines is 1. The first-order valence-electron chi connectivity index (χ1n) is 7.25. The normalized spacial score (nSPS) is 11.3. The number of nitrogens with zero attached hydrogens (tertiary/aromatic N) is 1. The van der Waals surface area contributed by atoms with Crippen molar-refractivity contribution in [3.63, 3.8) is 0 Å². The maximum absolute atomic E-state index is 12.9. The number of sulfonamides is 1. The fourth-order valence-electron chi connectivity index (χ4n) is 2.52.